The Balaban J connectivity index is 1.49. The molecule has 1 saturated heterocycles. The second-order valence-corrected chi connectivity index (χ2v) is 8.05. The third-order valence-corrected chi connectivity index (χ3v) is 5.85. The van der Waals surface area contributed by atoms with Crippen LogP contribution in [0.4, 0.5) is 4.39 Å². The van der Waals surface area contributed by atoms with E-state index in [4.69, 9.17) is 11.6 Å². The maximum atomic E-state index is 14.0. The summed E-state index contributed by atoms with van der Waals surface area (Å²) >= 11 is 5.82. The molecule has 0 aromatic heterocycles. The SMILES string of the molecule is CCc1ccc([C@@H](C)NC(=O)C2CCN(Cc3ccc(Cl)cc3F)CC2)cc1. The van der Waals surface area contributed by atoms with Crippen molar-refractivity contribution in [3.8, 4) is 0 Å². The number of benzene rings is 2. The van der Waals surface area contributed by atoms with Crippen LogP contribution in [-0.4, -0.2) is 23.9 Å². The summed E-state index contributed by atoms with van der Waals surface area (Å²) in [5.41, 5.74) is 3.07. The summed E-state index contributed by atoms with van der Waals surface area (Å²) in [5.74, 6) is -0.136. The first kappa shape index (κ1) is 20.8. The Kier molecular flexibility index (Phi) is 7.08. The molecule has 1 fully saturated rings. The number of hydrogen-bond donors (Lipinski definition) is 1. The molecular weight excluding hydrogens is 375 g/mol. The van der Waals surface area contributed by atoms with Crippen molar-refractivity contribution < 1.29 is 9.18 Å². The topological polar surface area (TPSA) is 32.3 Å². The molecule has 150 valence electrons. The fourth-order valence-corrected chi connectivity index (χ4v) is 3.86. The van der Waals surface area contributed by atoms with Crippen LogP contribution in [0.25, 0.3) is 0 Å². The first-order valence-electron chi connectivity index (χ1n) is 10.0. The number of nitrogens with one attached hydrogen (secondary N) is 1. The molecule has 1 heterocycles. The maximum Gasteiger partial charge on any atom is 0.223 e. The molecule has 1 aliphatic heterocycles. The number of aryl methyl sites for hydroxylation is 1. The number of amides is 1. The fourth-order valence-electron chi connectivity index (χ4n) is 3.70. The summed E-state index contributed by atoms with van der Waals surface area (Å²) in [5, 5.41) is 3.56. The quantitative estimate of drug-likeness (QED) is 0.726. The zero-order valence-corrected chi connectivity index (χ0v) is 17.3. The molecule has 0 spiro atoms. The summed E-state index contributed by atoms with van der Waals surface area (Å²) in [4.78, 5) is 14.9. The molecule has 2 aromatic carbocycles. The molecular formula is C23H28ClFN2O. The predicted molar refractivity (Wildman–Crippen MR) is 112 cm³/mol. The highest BCUT2D eigenvalue weighted by molar-refractivity contribution is 6.30. The first-order chi connectivity index (χ1) is 13.5. The third-order valence-electron chi connectivity index (χ3n) is 5.61. The minimum atomic E-state index is -0.268. The van der Waals surface area contributed by atoms with Gasteiger partial charge in [0.05, 0.1) is 6.04 Å². The number of hydrogen-bond acceptors (Lipinski definition) is 2. The van der Waals surface area contributed by atoms with Crippen molar-refractivity contribution >= 4 is 17.5 Å². The summed E-state index contributed by atoms with van der Waals surface area (Å²) in [6.07, 6.45) is 2.60. The van der Waals surface area contributed by atoms with E-state index in [1.165, 1.54) is 11.6 Å². The summed E-state index contributed by atoms with van der Waals surface area (Å²) in [7, 11) is 0. The van der Waals surface area contributed by atoms with Gasteiger partial charge in [0.1, 0.15) is 5.82 Å². The van der Waals surface area contributed by atoms with Crippen LogP contribution in [0.15, 0.2) is 42.5 Å². The summed E-state index contributed by atoms with van der Waals surface area (Å²) in [6, 6.07) is 13.2. The zero-order chi connectivity index (χ0) is 20.1. The number of likely N-dealkylation sites (tertiary alicyclic amines) is 1. The van der Waals surface area contributed by atoms with Crippen molar-refractivity contribution in [2.75, 3.05) is 13.1 Å². The summed E-state index contributed by atoms with van der Waals surface area (Å²) < 4.78 is 14.0. The van der Waals surface area contributed by atoms with Gasteiger partial charge in [-0.05, 0) is 62.5 Å². The Bertz CT molecular complexity index is 801. The number of rotatable bonds is 6. The van der Waals surface area contributed by atoms with Gasteiger partial charge in [-0.1, -0.05) is 48.9 Å². The van der Waals surface area contributed by atoms with Gasteiger partial charge in [0.15, 0.2) is 0 Å². The van der Waals surface area contributed by atoms with Crippen molar-refractivity contribution in [3.63, 3.8) is 0 Å². The molecule has 1 aliphatic rings. The van der Waals surface area contributed by atoms with Crippen molar-refractivity contribution in [1.29, 1.82) is 0 Å². The molecule has 1 N–H and O–H groups in total. The van der Waals surface area contributed by atoms with E-state index in [0.717, 1.165) is 37.9 Å². The first-order valence-corrected chi connectivity index (χ1v) is 10.4. The van der Waals surface area contributed by atoms with E-state index in [-0.39, 0.29) is 23.7 Å². The molecule has 0 bridgehead atoms. The highest BCUT2D eigenvalue weighted by atomic mass is 35.5. The zero-order valence-electron chi connectivity index (χ0n) is 16.6. The lowest BCUT2D eigenvalue weighted by atomic mass is 9.94. The van der Waals surface area contributed by atoms with E-state index in [2.05, 4.69) is 41.4 Å². The van der Waals surface area contributed by atoms with Crippen LogP contribution in [0.5, 0.6) is 0 Å². The van der Waals surface area contributed by atoms with Crippen molar-refractivity contribution in [3.05, 3.63) is 70.0 Å². The molecule has 28 heavy (non-hydrogen) atoms. The van der Waals surface area contributed by atoms with Crippen LogP contribution in [0.1, 0.15) is 49.4 Å². The molecule has 1 amide bonds. The van der Waals surface area contributed by atoms with Gasteiger partial charge < -0.3 is 5.32 Å². The normalized spacial score (nSPS) is 16.7. The second kappa shape index (κ2) is 9.53. The van der Waals surface area contributed by atoms with Gasteiger partial charge in [0, 0.05) is 23.0 Å². The number of carbonyl (C=O) groups excluding carboxylic acids is 1. The second-order valence-electron chi connectivity index (χ2n) is 7.61. The standard InChI is InChI=1S/C23H28ClFN2O/c1-3-17-4-6-18(7-5-17)16(2)26-23(28)19-10-12-27(13-11-19)15-20-8-9-21(24)14-22(20)25/h4-9,14,16,19H,3,10-13,15H2,1-2H3,(H,26,28)/t16-/m1/s1. The summed E-state index contributed by atoms with van der Waals surface area (Å²) in [6.45, 7) is 6.29. The predicted octanol–water partition coefficient (Wildman–Crippen LogP) is 5.13. The van der Waals surface area contributed by atoms with Crippen LogP contribution in [0.3, 0.4) is 0 Å². The monoisotopic (exact) mass is 402 g/mol. The number of carbonyl (C=O) groups is 1. The molecule has 0 radical (unpaired) electrons. The molecule has 3 nitrogen and oxygen atoms in total. The van der Waals surface area contributed by atoms with E-state index in [1.807, 2.05) is 6.92 Å². The van der Waals surface area contributed by atoms with Gasteiger partial charge in [-0.3, -0.25) is 9.69 Å². The van der Waals surface area contributed by atoms with Gasteiger partial charge in [-0.15, -0.1) is 0 Å². The fraction of sp³-hybridized carbons (Fsp3) is 0.435. The largest absolute Gasteiger partial charge is 0.349 e. The average molecular weight is 403 g/mol. The molecule has 2 aromatic rings. The smallest absolute Gasteiger partial charge is 0.223 e. The van der Waals surface area contributed by atoms with Crippen molar-refractivity contribution in [2.45, 2.75) is 45.7 Å². The van der Waals surface area contributed by atoms with E-state index >= 15 is 0 Å². The van der Waals surface area contributed by atoms with E-state index in [0.29, 0.717) is 17.1 Å². The molecule has 0 aliphatic carbocycles. The van der Waals surface area contributed by atoms with Gasteiger partial charge in [0.25, 0.3) is 0 Å². The minimum Gasteiger partial charge on any atom is -0.349 e. The van der Waals surface area contributed by atoms with Gasteiger partial charge in [-0.25, -0.2) is 4.39 Å². The highest BCUT2D eigenvalue weighted by Gasteiger charge is 2.26. The Labute approximate surface area is 171 Å². The Hall–Kier alpha value is -1.91. The molecule has 5 heteroatoms. The lowest BCUT2D eigenvalue weighted by molar-refractivity contribution is -0.127. The molecule has 0 unspecified atom stereocenters. The van der Waals surface area contributed by atoms with Crippen molar-refractivity contribution in [2.24, 2.45) is 5.92 Å². The van der Waals surface area contributed by atoms with Gasteiger partial charge in [0.2, 0.25) is 5.91 Å². The van der Waals surface area contributed by atoms with E-state index in [9.17, 15) is 9.18 Å². The highest BCUT2D eigenvalue weighted by Crippen LogP contribution is 2.23. The van der Waals surface area contributed by atoms with E-state index < -0.39 is 0 Å². The molecule has 3 rings (SSSR count). The Morgan fingerprint density at radius 3 is 2.50 bits per heavy atom. The van der Waals surface area contributed by atoms with Crippen LogP contribution in [0.2, 0.25) is 5.02 Å². The van der Waals surface area contributed by atoms with E-state index in [1.54, 1.807) is 12.1 Å². The third kappa shape index (κ3) is 5.33. The Morgan fingerprint density at radius 1 is 1.21 bits per heavy atom. The lowest BCUT2D eigenvalue weighted by Crippen LogP contribution is -2.41. The number of nitrogens with zero attached hydrogens (tertiary/aromatic N) is 1. The minimum absolute atomic E-state index is 0.000371. The number of halogens is 2. The maximum absolute atomic E-state index is 14.0. The van der Waals surface area contributed by atoms with Crippen LogP contribution in [0, 0.1) is 11.7 Å². The Morgan fingerprint density at radius 2 is 1.89 bits per heavy atom. The van der Waals surface area contributed by atoms with Crippen molar-refractivity contribution in [1.82, 2.24) is 10.2 Å². The van der Waals surface area contributed by atoms with Crippen LogP contribution >= 0.6 is 11.6 Å². The van der Waals surface area contributed by atoms with Gasteiger partial charge in [-0.2, -0.15) is 0 Å². The molecule has 0 saturated carbocycles. The average Bonchev–Trinajstić information content (AvgIpc) is 2.70. The van der Waals surface area contributed by atoms with Gasteiger partial charge >= 0.3 is 0 Å². The van der Waals surface area contributed by atoms with Crippen LogP contribution in [-0.2, 0) is 17.8 Å². The van der Waals surface area contributed by atoms with Crippen LogP contribution < -0.4 is 5.32 Å². The number of piperidine rings is 1. The lowest BCUT2D eigenvalue weighted by Gasteiger charge is -2.32. The molecule has 1 atom stereocenters.